The number of fused-ring (bicyclic) bond motifs is 1. The highest BCUT2D eigenvalue weighted by Crippen LogP contribution is 2.41. The lowest BCUT2D eigenvalue weighted by Crippen LogP contribution is -2.56. The Bertz CT molecular complexity index is 923. The lowest BCUT2D eigenvalue weighted by Gasteiger charge is -2.36. The van der Waals surface area contributed by atoms with E-state index in [4.69, 9.17) is 23.2 Å². The van der Waals surface area contributed by atoms with Crippen LogP contribution in [-0.4, -0.2) is 41.5 Å². The van der Waals surface area contributed by atoms with E-state index < -0.39 is 29.5 Å². The Kier molecular flexibility index (Phi) is 4.77. The van der Waals surface area contributed by atoms with E-state index in [1.165, 1.54) is 24.4 Å². The number of hydrogen-bond acceptors (Lipinski definition) is 5. The van der Waals surface area contributed by atoms with Crippen LogP contribution in [0.1, 0.15) is 5.56 Å². The van der Waals surface area contributed by atoms with Gasteiger partial charge in [-0.1, -0.05) is 23.2 Å². The number of hydrogen-bond donors (Lipinski definition) is 0. The molecule has 1 atom stereocenters. The third kappa shape index (κ3) is 3.21. The van der Waals surface area contributed by atoms with Crippen LogP contribution in [0.4, 0.5) is 17.6 Å². The van der Waals surface area contributed by atoms with Crippen molar-refractivity contribution in [1.29, 1.82) is 0 Å². The molecule has 0 bridgehead atoms. The molecule has 0 N–H and O–H groups in total. The summed E-state index contributed by atoms with van der Waals surface area (Å²) in [6, 6.07) is 4.46. The Labute approximate surface area is 160 Å². The highest BCUT2D eigenvalue weighted by atomic mass is 35.5. The zero-order chi connectivity index (χ0) is 20.0. The molecule has 2 aliphatic heterocycles. The average Bonchev–Trinajstić information content (AvgIpc) is 2.60. The predicted molar refractivity (Wildman–Crippen MR) is 90.9 cm³/mol. The van der Waals surface area contributed by atoms with Gasteiger partial charge in [0.05, 0.1) is 17.2 Å². The van der Waals surface area contributed by atoms with E-state index in [9.17, 15) is 22.4 Å². The van der Waals surface area contributed by atoms with Crippen molar-refractivity contribution in [3.05, 3.63) is 58.0 Å². The highest BCUT2D eigenvalue weighted by Gasteiger charge is 2.65. The van der Waals surface area contributed by atoms with Crippen molar-refractivity contribution in [2.75, 3.05) is 7.11 Å². The number of benzene rings is 1. The second kappa shape index (κ2) is 6.65. The number of esters is 1. The number of alkyl halides is 3. The van der Waals surface area contributed by atoms with Gasteiger partial charge in [-0.05, 0) is 30.3 Å². The van der Waals surface area contributed by atoms with Gasteiger partial charge >= 0.3 is 17.8 Å². The van der Waals surface area contributed by atoms with E-state index in [2.05, 4.69) is 14.7 Å². The molecular weight excluding hydrogens is 413 g/mol. The Morgan fingerprint density at radius 2 is 1.74 bits per heavy atom. The number of rotatable bonds is 2. The Morgan fingerprint density at radius 1 is 1.15 bits per heavy atom. The number of carbonyl (C=O) groups excluding carboxylic acids is 1. The van der Waals surface area contributed by atoms with E-state index in [0.717, 1.165) is 24.1 Å². The van der Waals surface area contributed by atoms with Crippen LogP contribution < -0.4 is 0 Å². The first-order valence-corrected chi connectivity index (χ1v) is 7.99. The van der Waals surface area contributed by atoms with Crippen LogP contribution in [0.15, 0.2) is 56.6 Å². The summed E-state index contributed by atoms with van der Waals surface area (Å²) < 4.78 is 59.1. The molecule has 1 unspecified atom stereocenters. The minimum absolute atomic E-state index is 0.0772. The Hall–Kier alpha value is -2.39. The van der Waals surface area contributed by atoms with Crippen molar-refractivity contribution in [3.8, 4) is 0 Å². The third-order valence-electron chi connectivity index (χ3n) is 3.69. The van der Waals surface area contributed by atoms with E-state index in [-0.39, 0.29) is 21.5 Å². The van der Waals surface area contributed by atoms with Gasteiger partial charge in [-0.15, -0.1) is 0 Å². The lowest BCUT2D eigenvalue weighted by atomic mass is 10.1. The molecule has 2 heterocycles. The number of carbonyl (C=O) groups is 1. The van der Waals surface area contributed by atoms with Gasteiger partial charge < -0.3 is 4.74 Å². The number of halogens is 6. The van der Waals surface area contributed by atoms with Crippen LogP contribution in [0, 0.1) is 5.82 Å². The summed E-state index contributed by atoms with van der Waals surface area (Å²) in [6.07, 6.45) is -2.83. The first-order valence-electron chi connectivity index (χ1n) is 7.24. The monoisotopic (exact) mass is 421 g/mol. The van der Waals surface area contributed by atoms with Crippen molar-refractivity contribution >= 4 is 40.8 Å². The smallest absolute Gasteiger partial charge is 0.445 e. The van der Waals surface area contributed by atoms with Gasteiger partial charge in [0.2, 0.25) is 0 Å². The van der Waals surface area contributed by atoms with Gasteiger partial charge in [-0.25, -0.2) is 19.2 Å². The molecule has 3 rings (SSSR count). The number of nitrogens with zero attached hydrogens (tertiary/aromatic N) is 3. The maximum atomic E-state index is 13.9. The topological polar surface area (TPSA) is 54.3 Å². The zero-order valence-corrected chi connectivity index (χ0v) is 14.9. The molecule has 1 aromatic carbocycles. The molecule has 0 spiro atoms. The van der Waals surface area contributed by atoms with Crippen LogP contribution in [0.2, 0.25) is 0 Å². The highest BCUT2D eigenvalue weighted by molar-refractivity contribution is 6.47. The van der Waals surface area contributed by atoms with Gasteiger partial charge in [0, 0.05) is 11.8 Å². The standard InChI is InChI=1S/C16H9Cl2F4N3O2/c1-27-14(26)15(16(20,21)22)23-12(8-2-4-10(19)5-3-8)25-7-9(17)6-11(18)13(25)24-15/h2-7H,1H3. The number of allylic oxidation sites excluding steroid dienone is 2. The normalized spacial score (nSPS) is 22.3. The van der Waals surface area contributed by atoms with Gasteiger partial charge in [0.1, 0.15) is 11.7 Å². The maximum Gasteiger partial charge on any atom is 0.445 e. The minimum atomic E-state index is -5.23. The van der Waals surface area contributed by atoms with Crippen molar-refractivity contribution in [3.63, 3.8) is 0 Å². The van der Waals surface area contributed by atoms with Crippen molar-refractivity contribution in [2.24, 2.45) is 9.98 Å². The molecule has 27 heavy (non-hydrogen) atoms. The van der Waals surface area contributed by atoms with Crippen LogP contribution in [-0.2, 0) is 9.53 Å². The molecule has 0 radical (unpaired) electrons. The number of amidine groups is 2. The molecule has 1 aromatic rings. The second-order valence-electron chi connectivity index (χ2n) is 5.42. The number of ether oxygens (including phenoxy) is 1. The molecule has 0 aliphatic carbocycles. The first-order chi connectivity index (χ1) is 12.6. The van der Waals surface area contributed by atoms with Gasteiger partial charge in [-0.2, -0.15) is 13.2 Å². The number of methoxy groups -OCH3 is 1. The van der Waals surface area contributed by atoms with Crippen LogP contribution in [0.25, 0.3) is 0 Å². The SMILES string of the molecule is COC(=O)C1(C(F)(F)F)N=C2C(Cl)=CC(Cl)=CN2C(c2ccc(F)cc2)=N1. The summed E-state index contributed by atoms with van der Waals surface area (Å²) in [7, 11) is 0.782. The lowest BCUT2D eigenvalue weighted by molar-refractivity contribution is -0.202. The van der Waals surface area contributed by atoms with E-state index in [1.807, 2.05) is 0 Å². The quantitative estimate of drug-likeness (QED) is 0.536. The molecule has 0 saturated heterocycles. The molecule has 0 fully saturated rings. The Morgan fingerprint density at radius 3 is 2.30 bits per heavy atom. The molecule has 0 aromatic heterocycles. The third-order valence-corrected chi connectivity index (χ3v) is 4.18. The maximum absolute atomic E-state index is 13.9. The zero-order valence-electron chi connectivity index (χ0n) is 13.4. The van der Waals surface area contributed by atoms with Crippen molar-refractivity contribution in [1.82, 2.24) is 4.90 Å². The van der Waals surface area contributed by atoms with E-state index in [1.54, 1.807) is 0 Å². The first kappa shape index (κ1) is 19.4. The molecule has 2 aliphatic rings. The summed E-state index contributed by atoms with van der Waals surface area (Å²) >= 11 is 12.0. The summed E-state index contributed by atoms with van der Waals surface area (Å²) in [4.78, 5) is 20.2. The molecule has 0 saturated carbocycles. The predicted octanol–water partition coefficient (Wildman–Crippen LogP) is 3.93. The molecule has 0 amide bonds. The van der Waals surface area contributed by atoms with Gasteiger partial charge in [-0.3, -0.25) is 4.90 Å². The molecular formula is C16H9Cl2F4N3O2. The fourth-order valence-electron chi connectivity index (χ4n) is 2.46. The van der Waals surface area contributed by atoms with Gasteiger partial charge in [0.25, 0.3) is 0 Å². The summed E-state index contributed by atoms with van der Waals surface area (Å²) in [5.41, 5.74) is -3.49. The van der Waals surface area contributed by atoms with E-state index in [0.29, 0.717) is 0 Å². The second-order valence-corrected chi connectivity index (χ2v) is 6.26. The van der Waals surface area contributed by atoms with Crippen LogP contribution >= 0.6 is 23.2 Å². The molecule has 5 nitrogen and oxygen atoms in total. The summed E-state index contributed by atoms with van der Waals surface area (Å²) in [6.45, 7) is 0. The number of aliphatic imine (C=N–C) groups is 2. The van der Waals surface area contributed by atoms with Gasteiger partial charge in [0.15, 0.2) is 5.84 Å². The van der Waals surface area contributed by atoms with Crippen molar-refractivity contribution in [2.45, 2.75) is 11.8 Å². The van der Waals surface area contributed by atoms with Crippen LogP contribution in [0.5, 0.6) is 0 Å². The van der Waals surface area contributed by atoms with E-state index >= 15 is 0 Å². The Balaban J connectivity index is 2.31. The fraction of sp³-hybridized carbons (Fsp3) is 0.188. The summed E-state index contributed by atoms with van der Waals surface area (Å²) in [5, 5.41) is -0.152. The molecule has 11 heteroatoms. The largest absolute Gasteiger partial charge is 0.465 e. The van der Waals surface area contributed by atoms with Crippen LogP contribution in [0.3, 0.4) is 0 Å². The van der Waals surface area contributed by atoms with Crippen molar-refractivity contribution < 1.29 is 27.1 Å². The summed E-state index contributed by atoms with van der Waals surface area (Å²) in [5.74, 6) is -3.11. The fourth-order valence-corrected chi connectivity index (χ4v) is 2.97. The molecule has 142 valence electrons. The minimum Gasteiger partial charge on any atom is -0.465 e. The average molecular weight is 422 g/mol.